The minimum Gasteiger partial charge on any atom is -0.398 e. The number of anilines is 1. The molecule has 1 nitrogen and oxygen atoms in total. The maximum absolute atomic E-state index is 13.2. The van der Waals surface area contributed by atoms with E-state index in [1.807, 2.05) is 25.1 Å². The molecule has 82 valence electrons. The van der Waals surface area contributed by atoms with Crippen LogP contribution < -0.4 is 5.73 Å². The van der Waals surface area contributed by atoms with E-state index in [1.54, 1.807) is 6.07 Å². The van der Waals surface area contributed by atoms with E-state index in [9.17, 15) is 4.39 Å². The first-order chi connectivity index (χ1) is 7.56. The lowest BCUT2D eigenvalue weighted by atomic mass is 10.0. The van der Waals surface area contributed by atoms with Crippen LogP contribution in [0.15, 0.2) is 36.4 Å². The summed E-state index contributed by atoms with van der Waals surface area (Å²) in [5.74, 6) is -0.358. The average Bonchev–Trinajstić information content (AvgIpc) is 2.20. The topological polar surface area (TPSA) is 26.0 Å². The Morgan fingerprint density at radius 2 is 1.88 bits per heavy atom. The molecule has 0 aromatic heterocycles. The molecule has 0 unspecified atom stereocenters. The van der Waals surface area contributed by atoms with Crippen molar-refractivity contribution >= 4 is 17.3 Å². The maximum atomic E-state index is 13.2. The summed E-state index contributed by atoms with van der Waals surface area (Å²) in [7, 11) is 0. The van der Waals surface area contributed by atoms with Crippen LogP contribution in [0.25, 0.3) is 11.1 Å². The van der Waals surface area contributed by atoms with Gasteiger partial charge in [-0.2, -0.15) is 0 Å². The third-order valence-corrected chi connectivity index (χ3v) is 2.60. The van der Waals surface area contributed by atoms with Gasteiger partial charge in [0, 0.05) is 16.3 Å². The molecular formula is C13H11ClFN. The molecular weight excluding hydrogens is 225 g/mol. The van der Waals surface area contributed by atoms with Gasteiger partial charge in [-0.25, -0.2) is 4.39 Å². The van der Waals surface area contributed by atoms with Crippen LogP contribution in [0.1, 0.15) is 5.56 Å². The average molecular weight is 236 g/mol. The van der Waals surface area contributed by atoms with Crippen molar-refractivity contribution < 1.29 is 4.39 Å². The lowest BCUT2D eigenvalue weighted by Crippen LogP contribution is -1.91. The van der Waals surface area contributed by atoms with Gasteiger partial charge in [-0.3, -0.25) is 0 Å². The Labute approximate surface area is 98.7 Å². The van der Waals surface area contributed by atoms with Gasteiger partial charge in [0.05, 0.1) is 0 Å². The minimum absolute atomic E-state index is 0.358. The minimum atomic E-state index is -0.358. The van der Waals surface area contributed by atoms with Crippen molar-refractivity contribution in [1.29, 1.82) is 0 Å². The van der Waals surface area contributed by atoms with Gasteiger partial charge in [0.15, 0.2) is 0 Å². The smallest absolute Gasteiger partial charge is 0.125 e. The van der Waals surface area contributed by atoms with Crippen LogP contribution in [0.3, 0.4) is 0 Å². The summed E-state index contributed by atoms with van der Waals surface area (Å²) in [6.45, 7) is 1.96. The van der Waals surface area contributed by atoms with Crippen molar-refractivity contribution in [3.63, 3.8) is 0 Å². The molecule has 0 radical (unpaired) electrons. The lowest BCUT2D eigenvalue weighted by molar-refractivity contribution is 0.628. The second-order valence-corrected chi connectivity index (χ2v) is 4.19. The van der Waals surface area contributed by atoms with Gasteiger partial charge in [-0.1, -0.05) is 23.2 Å². The van der Waals surface area contributed by atoms with Crippen molar-refractivity contribution in [2.75, 3.05) is 5.73 Å². The number of hydrogen-bond acceptors (Lipinski definition) is 1. The van der Waals surface area contributed by atoms with Crippen molar-refractivity contribution in [2.45, 2.75) is 6.92 Å². The molecule has 2 aromatic carbocycles. The molecule has 16 heavy (non-hydrogen) atoms. The zero-order valence-electron chi connectivity index (χ0n) is 8.80. The molecule has 0 saturated carbocycles. The summed E-state index contributed by atoms with van der Waals surface area (Å²) < 4.78 is 13.2. The molecule has 0 aliphatic heterocycles. The van der Waals surface area contributed by atoms with E-state index in [0.29, 0.717) is 16.3 Å². The third kappa shape index (κ3) is 2.17. The van der Waals surface area contributed by atoms with E-state index >= 15 is 0 Å². The van der Waals surface area contributed by atoms with E-state index < -0.39 is 0 Å². The largest absolute Gasteiger partial charge is 0.398 e. The number of halogens is 2. The summed E-state index contributed by atoms with van der Waals surface area (Å²) in [5.41, 5.74) is 9.05. The highest BCUT2D eigenvalue weighted by Gasteiger charge is 2.05. The fraction of sp³-hybridized carbons (Fsp3) is 0.0769. The summed E-state index contributed by atoms with van der Waals surface area (Å²) in [5, 5.41) is 0.371. The quantitative estimate of drug-likeness (QED) is 0.742. The van der Waals surface area contributed by atoms with Crippen LogP contribution >= 0.6 is 11.6 Å². The molecule has 2 rings (SSSR count). The number of rotatable bonds is 1. The first-order valence-corrected chi connectivity index (χ1v) is 5.26. The Bertz CT molecular complexity index is 517. The van der Waals surface area contributed by atoms with Gasteiger partial charge in [0.1, 0.15) is 5.82 Å². The van der Waals surface area contributed by atoms with Gasteiger partial charge in [0.2, 0.25) is 0 Å². The van der Waals surface area contributed by atoms with E-state index in [4.69, 9.17) is 17.3 Å². The molecule has 0 aliphatic carbocycles. The Hall–Kier alpha value is -1.54. The normalized spacial score (nSPS) is 10.4. The monoisotopic (exact) mass is 235 g/mol. The predicted molar refractivity (Wildman–Crippen MR) is 66.0 cm³/mol. The number of benzene rings is 2. The van der Waals surface area contributed by atoms with E-state index in [2.05, 4.69) is 0 Å². The molecule has 0 bridgehead atoms. The molecule has 0 fully saturated rings. The second-order valence-electron chi connectivity index (χ2n) is 3.75. The Balaban J connectivity index is 2.62. The van der Waals surface area contributed by atoms with Crippen LogP contribution in [0, 0.1) is 12.7 Å². The summed E-state index contributed by atoms with van der Waals surface area (Å²) >= 11 is 5.81. The number of hydrogen-bond donors (Lipinski definition) is 1. The maximum Gasteiger partial charge on any atom is 0.125 e. The van der Waals surface area contributed by atoms with Gasteiger partial charge >= 0.3 is 0 Å². The molecule has 2 N–H and O–H groups in total. The zero-order valence-corrected chi connectivity index (χ0v) is 9.55. The van der Waals surface area contributed by atoms with E-state index in [1.165, 1.54) is 12.1 Å². The second kappa shape index (κ2) is 4.14. The Morgan fingerprint density at radius 1 is 1.12 bits per heavy atom. The first-order valence-electron chi connectivity index (χ1n) is 4.89. The fourth-order valence-corrected chi connectivity index (χ4v) is 1.85. The van der Waals surface area contributed by atoms with Crippen molar-refractivity contribution in [3.8, 4) is 11.1 Å². The zero-order chi connectivity index (χ0) is 11.7. The highest BCUT2D eigenvalue weighted by molar-refractivity contribution is 6.30. The van der Waals surface area contributed by atoms with Crippen LogP contribution in [0.4, 0.5) is 10.1 Å². The Morgan fingerprint density at radius 3 is 2.56 bits per heavy atom. The highest BCUT2D eigenvalue weighted by atomic mass is 35.5. The first kappa shape index (κ1) is 11.0. The fourth-order valence-electron chi connectivity index (χ4n) is 1.63. The summed E-state index contributed by atoms with van der Waals surface area (Å²) in [6, 6.07) is 10.0. The molecule has 2 aromatic rings. The van der Waals surface area contributed by atoms with Gasteiger partial charge in [-0.05, 0) is 42.8 Å². The Kier molecular flexibility index (Phi) is 2.84. The molecule has 0 heterocycles. The van der Waals surface area contributed by atoms with Crippen LogP contribution in [0.5, 0.6) is 0 Å². The van der Waals surface area contributed by atoms with E-state index in [-0.39, 0.29) is 5.82 Å². The summed E-state index contributed by atoms with van der Waals surface area (Å²) in [4.78, 5) is 0. The molecule has 3 heteroatoms. The molecule has 0 spiro atoms. The van der Waals surface area contributed by atoms with Crippen molar-refractivity contribution in [3.05, 3.63) is 52.8 Å². The molecule has 0 saturated heterocycles. The van der Waals surface area contributed by atoms with Crippen LogP contribution in [-0.4, -0.2) is 0 Å². The molecule has 0 atom stereocenters. The molecule has 0 aliphatic rings. The van der Waals surface area contributed by atoms with E-state index in [0.717, 1.165) is 11.1 Å². The highest BCUT2D eigenvalue weighted by Crippen LogP contribution is 2.29. The molecule has 0 amide bonds. The van der Waals surface area contributed by atoms with Crippen LogP contribution in [0.2, 0.25) is 5.02 Å². The summed E-state index contributed by atoms with van der Waals surface area (Å²) in [6.07, 6.45) is 0. The van der Waals surface area contributed by atoms with Gasteiger partial charge < -0.3 is 5.73 Å². The van der Waals surface area contributed by atoms with Gasteiger partial charge in [0.25, 0.3) is 0 Å². The number of nitrogens with two attached hydrogens (primary N) is 1. The number of nitrogen functional groups attached to an aromatic ring is 1. The standard InChI is InChI=1S/C13H11ClFN/c1-8-2-3-13(16)12(4-8)9-5-10(14)7-11(15)6-9/h2-7H,16H2,1H3. The van der Waals surface area contributed by atoms with Gasteiger partial charge in [-0.15, -0.1) is 0 Å². The van der Waals surface area contributed by atoms with Crippen molar-refractivity contribution in [2.24, 2.45) is 0 Å². The lowest BCUT2D eigenvalue weighted by Gasteiger charge is -2.07. The number of aryl methyl sites for hydroxylation is 1. The van der Waals surface area contributed by atoms with Crippen molar-refractivity contribution in [1.82, 2.24) is 0 Å². The third-order valence-electron chi connectivity index (χ3n) is 2.38. The SMILES string of the molecule is Cc1ccc(N)c(-c2cc(F)cc(Cl)c2)c1. The van der Waals surface area contributed by atoms with Crippen LogP contribution in [-0.2, 0) is 0 Å². The predicted octanol–water partition coefficient (Wildman–Crippen LogP) is 4.04.